The fourth-order valence-electron chi connectivity index (χ4n) is 5.07. The minimum absolute atomic E-state index is 0.0895. The highest BCUT2D eigenvalue weighted by Crippen LogP contribution is 2.35. The van der Waals surface area contributed by atoms with Gasteiger partial charge in [-0.05, 0) is 51.3 Å². The molecular weight excluding hydrogens is 479 g/mol. The number of ether oxygens (including phenoxy) is 1. The molecule has 0 radical (unpaired) electrons. The lowest BCUT2D eigenvalue weighted by Gasteiger charge is -2.41. The molecule has 3 aromatic heterocycles. The van der Waals surface area contributed by atoms with Crippen LogP contribution in [0.2, 0.25) is 0 Å². The van der Waals surface area contributed by atoms with E-state index < -0.39 is 18.3 Å². The van der Waals surface area contributed by atoms with Gasteiger partial charge in [0.05, 0.1) is 42.1 Å². The van der Waals surface area contributed by atoms with Gasteiger partial charge in [0.15, 0.2) is 5.75 Å². The van der Waals surface area contributed by atoms with Crippen molar-refractivity contribution in [3.8, 4) is 11.5 Å². The summed E-state index contributed by atoms with van der Waals surface area (Å²) in [6, 6.07) is 6.25. The number of aromatic nitrogens is 2. The highest BCUT2D eigenvalue weighted by Gasteiger charge is 2.40. The van der Waals surface area contributed by atoms with E-state index in [9.17, 15) is 19.1 Å². The molecule has 0 bridgehead atoms. The summed E-state index contributed by atoms with van der Waals surface area (Å²) in [6.45, 7) is 5.33. The topological polar surface area (TPSA) is 109 Å². The monoisotopic (exact) mass is 506 g/mol. The van der Waals surface area contributed by atoms with Crippen LogP contribution in [-0.2, 0) is 0 Å². The Balaban J connectivity index is 1.29. The van der Waals surface area contributed by atoms with Crippen LogP contribution in [0.4, 0.5) is 4.39 Å². The zero-order chi connectivity index (χ0) is 26.0. The Hall–Kier alpha value is -3.92. The summed E-state index contributed by atoms with van der Waals surface area (Å²) in [5, 5.41) is 17.7. The molecule has 2 aliphatic rings. The molecule has 10 heteroatoms. The number of fused-ring (bicyclic) bond motifs is 2. The van der Waals surface area contributed by atoms with Crippen LogP contribution in [-0.4, -0.2) is 62.3 Å². The number of carbonyl (C=O) groups excluding carboxylic acids is 2. The fraction of sp³-hybridized carbons (Fsp3) is 0.370. The van der Waals surface area contributed by atoms with Crippen molar-refractivity contribution in [3.05, 3.63) is 59.1 Å². The van der Waals surface area contributed by atoms with Gasteiger partial charge in [-0.3, -0.25) is 9.59 Å². The summed E-state index contributed by atoms with van der Waals surface area (Å²) in [6.07, 6.45) is 3.14. The van der Waals surface area contributed by atoms with Gasteiger partial charge in [0, 0.05) is 23.7 Å². The van der Waals surface area contributed by atoms with Crippen LogP contribution in [0.5, 0.6) is 11.5 Å². The average Bonchev–Trinajstić information content (AvgIpc) is 3.40. The van der Waals surface area contributed by atoms with Gasteiger partial charge >= 0.3 is 0 Å². The summed E-state index contributed by atoms with van der Waals surface area (Å²) in [4.78, 5) is 27.4. The van der Waals surface area contributed by atoms with E-state index in [1.807, 2.05) is 6.92 Å². The predicted octanol–water partition coefficient (Wildman–Crippen LogP) is 3.93. The molecule has 0 spiro atoms. The lowest BCUT2D eigenvalue weighted by molar-refractivity contribution is 0.00637. The molecule has 9 nitrogen and oxygen atoms in total. The maximum atomic E-state index is 13.6. The second-order valence-corrected chi connectivity index (χ2v) is 9.89. The fourth-order valence-corrected chi connectivity index (χ4v) is 5.07. The lowest BCUT2D eigenvalue weighted by atomic mass is 9.89. The van der Waals surface area contributed by atoms with Crippen LogP contribution < -0.4 is 10.1 Å². The number of carbonyl (C=O) groups is 2. The average molecular weight is 507 g/mol. The van der Waals surface area contributed by atoms with Crippen LogP contribution in [0.15, 0.2) is 41.1 Å². The Morgan fingerprint density at radius 1 is 1.24 bits per heavy atom. The standard InChI is InChI=1S/C27H27FN4O5/c1-13-18(27(35)31-12-19(28)14(31)2)11-32-25(13)22(8-9-29-32)37-16-4-5-17-23(10-16)36-15(3)24(17)26(34)30-20-6-7-21(20)33/h4-5,8-11,14,19-21,33H,6-7,12H2,1-3H3,(H,30,34)/t14-,19+,20-,21+/m1/s1. The van der Waals surface area contributed by atoms with Gasteiger partial charge in [0.1, 0.15) is 28.8 Å². The van der Waals surface area contributed by atoms with Crippen LogP contribution in [0, 0.1) is 13.8 Å². The van der Waals surface area contributed by atoms with Crippen molar-refractivity contribution < 1.29 is 28.2 Å². The molecule has 0 unspecified atom stereocenters. The normalized spacial score (nSPS) is 23.1. The molecule has 4 atom stereocenters. The number of nitrogens with zero attached hydrogens (tertiary/aromatic N) is 3. The summed E-state index contributed by atoms with van der Waals surface area (Å²) >= 11 is 0. The minimum atomic E-state index is -1.00. The van der Waals surface area contributed by atoms with E-state index in [2.05, 4.69) is 10.4 Å². The van der Waals surface area contributed by atoms with Gasteiger partial charge in [-0.2, -0.15) is 5.10 Å². The smallest absolute Gasteiger partial charge is 0.256 e. The van der Waals surface area contributed by atoms with Gasteiger partial charge in [-0.1, -0.05) is 0 Å². The molecule has 2 amide bonds. The number of hydrogen-bond donors (Lipinski definition) is 2. The number of aliphatic hydroxyl groups is 1. The van der Waals surface area contributed by atoms with Gasteiger partial charge in [0.25, 0.3) is 11.8 Å². The number of benzene rings is 1. The van der Waals surface area contributed by atoms with Crippen molar-refractivity contribution in [2.75, 3.05) is 6.54 Å². The van der Waals surface area contributed by atoms with Gasteiger partial charge in [-0.15, -0.1) is 0 Å². The second kappa shape index (κ2) is 8.58. The molecule has 2 N–H and O–H groups in total. The molecule has 6 rings (SSSR count). The van der Waals surface area contributed by atoms with Gasteiger partial charge in [-0.25, -0.2) is 8.91 Å². The van der Waals surface area contributed by atoms with Crippen molar-refractivity contribution in [3.63, 3.8) is 0 Å². The molecule has 1 aromatic carbocycles. The van der Waals surface area contributed by atoms with Crippen LogP contribution in [0.3, 0.4) is 0 Å². The first kappa shape index (κ1) is 23.5. The third-order valence-corrected chi connectivity index (χ3v) is 7.61. The molecule has 1 aliphatic carbocycles. The predicted molar refractivity (Wildman–Crippen MR) is 133 cm³/mol. The van der Waals surface area contributed by atoms with E-state index in [1.165, 1.54) is 4.90 Å². The second-order valence-electron chi connectivity index (χ2n) is 9.89. The number of likely N-dealkylation sites (tertiary alicyclic amines) is 1. The molecule has 37 heavy (non-hydrogen) atoms. The van der Waals surface area contributed by atoms with Crippen LogP contribution in [0.1, 0.15) is 51.8 Å². The molecule has 1 saturated heterocycles. The highest BCUT2D eigenvalue weighted by atomic mass is 19.1. The third kappa shape index (κ3) is 3.74. The van der Waals surface area contributed by atoms with Crippen LogP contribution >= 0.6 is 0 Å². The Labute approximate surface area is 211 Å². The van der Waals surface area contributed by atoms with Crippen molar-refractivity contribution in [1.82, 2.24) is 19.8 Å². The highest BCUT2D eigenvalue weighted by molar-refractivity contribution is 6.07. The first-order valence-corrected chi connectivity index (χ1v) is 12.3. The third-order valence-electron chi connectivity index (χ3n) is 7.61. The minimum Gasteiger partial charge on any atom is -0.460 e. The van der Waals surface area contributed by atoms with Gasteiger partial charge in [0.2, 0.25) is 0 Å². The molecule has 1 saturated carbocycles. The van der Waals surface area contributed by atoms with E-state index in [0.29, 0.717) is 56.9 Å². The van der Waals surface area contributed by atoms with E-state index in [0.717, 1.165) is 6.42 Å². The maximum Gasteiger partial charge on any atom is 0.256 e. The Kier molecular flexibility index (Phi) is 5.45. The Bertz CT molecular complexity index is 1560. The first-order chi connectivity index (χ1) is 17.7. The largest absolute Gasteiger partial charge is 0.460 e. The summed E-state index contributed by atoms with van der Waals surface area (Å²) < 4.78 is 27.3. The zero-order valence-electron chi connectivity index (χ0n) is 20.7. The van der Waals surface area contributed by atoms with Crippen molar-refractivity contribution in [2.45, 2.75) is 58.0 Å². The number of aliphatic hydroxyl groups excluding tert-OH is 1. The zero-order valence-corrected chi connectivity index (χ0v) is 20.7. The van der Waals surface area contributed by atoms with Crippen molar-refractivity contribution >= 4 is 28.3 Å². The lowest BCUT2D eigenvalue weighted by Crippen LogP contribution is -2.58. The number of aryl methyl sites for hydroxylation is 2. The van der Waals surface area contributed by atoms with E-state index in [1.54, 1.807) is 55.0 Å². The number of halogens is 1. The number of hydrogen-bond acceptors (Lipinski definition) is 6. The number of furan rings is 1. The van der Waals surface area contributed by atoms with E-state index >= 15 is 0 Å². The summed E-state index contributed by atoms with van der Waals surface area (Å²) in [5.74, 6) is 0.947. The number of rotatable bonds is 5. The Morgan fingerprint density at radius 3 is 2.73 bits per heavy atom. The van der Waals surface area contributed by atoms with Crippen LogP contribution in [0.25, 0.3) is 16.5 Å². The SMILES string of the molecule is Cc1oc2cc(Oc3ccnn4cc(C(=O)N5C[C@H](F)[C@H]5C)c(C)c34)ccc2c1C(=O)N[C@@H]1CC[C@@H]1O. The molecule has 4 heterocycles. The molecule has 2 fully saturated rings. The van der Waals surface area contributed by atoms with E-state index in [-0.39, 0.29) is 24.4 Å². The first-order valence-electron chi connectivity index (χ1n) is 12.3. The molecule has 192 valence electrons. The number of nitrogens with one attached hydrogen (secondary N) is 1. The summed E-state index contributed by atoms with van der Waals surface area (Å²) in [7, 11) is 0. The van der Waals surface area contributed by atoms with Crippen molar-refractivity contribution in [2.24, 2.45) is 0 Å². The van der Waals surface area contributed by atoms with Gasteiger partial charge < -0.3 is 24.5 Å². The number of alkyl halides is 1. The van der Waals surface area contributed by atoms with E-state index in [4.69, 9.17) is 9.15 Å². The number of amides is 2. The Morgan fingerprint density at radius 2 is 2.05 bits per heavy atom. The molecule has 4 aromatic rings. The van der Waals surface area contributed by atoms with Crippen molar-refractivity contribution in [1.29, 1.82) is 0 Å². The molecular formula is C27H27FN4O5. The maximum absolute atomic E-state index is 13.6. The quantitative estimate of drug-likeness (QED) is 0.425. The summed E-state index contributed by atoms with van der Waals surface area (Å²) in [5.41, 5.74) is 2.70. The molecule has 1 aliphatic heterocycles.